The average Bonchev–Trinajstić information content (AvgIpc) is 3.75. The molecule has 8 nitrogen and oxygen atoms in total. The molecule has 0 amide bonds. The van der Waals surface area contributed by atoms with Crippen molar-refractivity contribution in [1.29, 1.82) is 0 Å². The summed E-state index contributed by atoms with van der Waals surface area (Å²) in [5, 5.41) is 7.12. The van der Waals surface area contributed by atoms with Crippen LogP contribution in [0, 0.1) is 12.7 Å². The highest BCUT2D eigenvalue weighted by Gasteiger charge is 2.25. The molecular weight excluding hydrogens is 469 g/mol. The fraction of sp³-hybridized carbons (Fsp3) is 0.357. The maximum absolute atomic E-state index is 14.9. The maximum Gasteiger partial charge on any atom is 0.261 e. The highest BCUT2D eigenvalue weighted by molar-refractivity contribution is 5.81. The molecule has 1 aliphatic heterocycles. The number of aromatic nitrogens is 4. The molecule has 1 aromatic carbocycles. The van der Waals surface area contributed by atoms with Gasteiger partial charge >= 0.3 is 0 Å². The Bertz CT molecular complexity index is 1540. The maximum atomic E-state index is 14.9. The summed E-state index contributed by atoms with van der Waals surface area (Å²) in [4.78, 5) is 29.3. The van der Waals surface area contributed by atoms with Crippen LogP contribution in [0.3, 0.4) is 0 Å². The van der Waals surface area contributed by atoms with E-state index in [0.29, 0.717) is 46.7 Å². The van der Waals surface area contributed by atoms with Crippen molar-refractivity contribution >= 4 is 28.4 Å². The third-order valence-electron chi connectivity index (χ3n) is 7.21. The molecule has 2 N–H and O–H groups in total. The molecule has 2 aliphatic rings. The van der Waals surface area contributed by atoms with E-state index in [0.717, 1.165) is 37.1 Å². The van der Waals surface area contributed by atoms with E-state index in [4.69, 9.17) is 0 Å². The van der Waals surface area contributed by atoms with E-state index in [2.05, 4.69) is 31.7 Å². The van der Waals surface area contributed by atoms with Gasteiger partial charge in [0.05, 0.1) is 16.9 Å². The highest BCUT2D eigenvalue weighted by Crippen LogP contribution is 2.40. The summed E-state index contributed by atoms with van der Waals surface area (Å²) in [7, 11) is 0. The summed E-state index contributed by atoms with van der Waals surface area (Å²) >= 11 is 0. The fourth-order valence-electron chi connectivity index (χ4n) is 5.08. The van der Waals surface area contributed by atoms with Gasteiger partial charge in [0.15, 0.2) is 0 Å². The van der Waals surface area contributed by atoms with Crippen molar-refractivity contribution in [2.45, 2.75) is 39.2 Å². The Morgan fingerprint density at radius 1 is 1.11 bits per heavy atom. The van der Waals surface area contributed by atoms with E-state index in [1.54, 1.807) is 16.8 Å². The number of fused-ring (bicyclic) bond motifs is 1. The first-order valence-corrected chi connectivity index (χ1v) is 12.9. The van der Waals surface area contributed by atoms with Gasteiger partial charge < -0.3 is 15.5 Å². The molecule has 0 bridgehead atoms. The first kappa shape index (κ1) is 23.5. The Morgan fingerprint density at radius 2 is 1.92 bits per heavy atom. The Kier molecular flexibility index (Phi) is 6.08. The lowest BCUT2D eigenvalue weighted by atomic mass is 10.0. The molecule has 9 heteroatoms. The lowest BCUT2D eigenvalue weighted by molar-refractivity contribution is 0.566. The molecule has 6 rings (SSSR count). The zero-order valence-electron chi connectivity index (χ0n) is 21.1. The predicted octanol–water partition coefficient (Wildman–Crippen LogP) is 4.35. The van der Waals surface area contributed by atoms with Crippen molar-refractivity contribution < 1.29 is 4.39 Å². The molecule has 190 valence electrons. The molecule has 0 atom stereocenters. The van der Waals surface area contributed by atoms with Gasteiger partial charge in [0.1, 0.15) is 11.5 Å². The third kappa shape index (κ3) is 4.55. The second-order valence-electron chi connectivity index (χ2n) is 9.82. The Morgan fingerprint density at radius 3 is 2.62 bits per heavy atom. The molecule has 37 heavy (non-hydrogen) atoms. The van der Waals surface area contributed by atoms with Gasteiger partial charge in [-0.15, -0.1) is 0 Å². The van der Waals surface area contributed by atoms with Gasteiger partial charge in [-0.1, -0.05) is 6.07 Å². The van der Waals surface area contributed by atoms with Crippen LogP contribution in [0.2, 0.25) is 0 Å². The number of nitrogens with one attached hydrogen (secondary N) is 2. The average molecular weight is 500 g/mol. The Hall–Kier alpha value is -3.85. The van der Waals surface area contributed by atoms with Crippen LogP contribution in [0.5, 0.6) is 0 Å². The number of anilines is 3. The third-order valence-corrected chi connectivity index (χ3v) is 7.21. The SMILES string of the molecule is CCn1c(=O)c(-c2ncc(C3CC3)cc2C)cc2cnc(Nc3ccc(N4CCNCC4)c(F)c3)nc21. The van der Waals surface area contributed by atoms with Gasteiger partial charge in [-0.25, -0.2) is 9.37 Å². The van der Waals surface area contributed by atoms with E-state index < -0.39 is 0 Å². The van der Waals surface area contributed by atoms with E-state index in [9.17, 15) is 9.18 Å². The minimum absolute atomic E-state index is 0.138. The number of rotatable bonds is 6. The van der Waals surface area contributed by atoms with Crippen LogP contribution in [0.4, 0.5) is 21.7 Å². The lowest BCUT2D eigenvalue weighted by Crippen LogP contribution is -2.43. The number of hydrogen-bond donors (Lipinski definition) is 2. The van der Waals surface area contributed by atoms with E-state index in [1.165, 1.54) is 24.5 Å². The fourth-order valence-corrected chi connectivity index (χ4v) is 5.08. The molecule has 1 saturated heterocycles. The van der Waals surface area contributed by atoms with Gasteiger partial charge in [-0.2, -0.15) is 4.98 Å². The quantitative estimate of drug-likeness (QED) is 0.408. The highest BCUT2D eigenvalue weighted by atomic mass is 19.1. The largest absolute Gasteiger partial charge is 0.367 e. The van der Waals surface area contributed by atoms with Gasteiger partial charge in [-0.3, -0.25) is 14.3 Å². The predicted molar refractivity (Wildman–Crippen MR) is 144 cm³/mol. The molecular formula is C28H30FN7O. The van der Waals surface area contributed by atoms with E-state index in [-0.39, 0.29) is 11.4 Å². The molecule has 0 spiro atoms. The molecule has 0 radical (unpaired) electrons. The van der Waals surface area contributed by atoms with Crippen molar-refractivity contribution in [2.24, 2.45) is 0 Å². The van der Waals surface area contributed by atoms with Gasteiger partial charge in [-0.05, 0) is 68.0 Å². The van der Waals surface area contributed by atoms with E-state index in [1.807, 2.05) is 37.1 Å². The first-order valence-electron chi connectivity index (χ1n) is 12.9. The van der Waals surface area contributed by atoms with Crippen molar-refractivity contribution in [3.05, 3.63) is 70.0 Å². The second-order valence-corrected chi connectivity index (χ2v) is 9.82. The minimum Gasteiger partial charge on any atom is -0.367 e. The molecule has 4 heterocycles. The minimum atomic E-state index is -0.293. The monoisotopic (exact) mass is 499 g/mol. The number of halogens is 1. The number of hydrogen-bond acceptors (Lipinski definition) is 7. The number of nitrogens with zero attached hydrogens (tertiary/aromatic N) is 5. The van der Waals surface area contributed by atoms with Crippen molar-refractivity contribution in [2.75, 3.05) is 36.4 Å². The van der Waals surface area contributed by atoms with Gasteiger partial charge in [0, 0.05) is 56.2 Å². The van der Waals surface area contributed by atoms with Crippen molar-refractivity contribution in [1.82, 2.24) is 24.8 Å². The zero-order chi connectivity index (χ0) is 25.5. The summed E-state index contributed by atoms with van der Waals surface area (Å²) < 4.78 is 16.5. The number of benzene rings is 1. The summed E-state index contributed by atoms with van der Waals surface area (Å²) in [6.45, 7) is 7.60. The summed E-state index contributed by atoms with van der Waals surface area (Å²) in [5.74, 6) is 0.618. The number of aryl methyl sites for hydroxylation is 2. The first-order chi connectivity index (χ1) is 18.0. The Balaban J connectivity index is 1.32. The topological polar surface area (TPSA) is 88.0 Å². The van der Waals surface area contributed by atoms with Crippen LogP contribution in [0.1, 0.15) is 36.8 Å². The van der Waals surface area contributed by atoms with Crippen LogP contribution >= 0.6 is 0 Å². The van der Waals surface area contributed by atoms with Crippen LogP contribution in [0.15, 0.2) is 47.5 Å². The summed E-state index contributed by atoms with van der Waals surface area (Å²) in [6, 6.07) is 9.03. The van der Waals surface area contributed by atoms with Crippen LogP contribution in [-0.4, -0.2) is 45.7 Å². The van der Waals surface area contributed by atoms with E-state index >= 15 is 0 Å². The van der Waals surface area contributed by atoms with Crippen LogP contribution < -0.4 is 21.1 Å². The molecule has 0 unspecified atom stereocenters. The summed E-state index contributed by atoms with van der Waals surface area (Å²) in [5.41, 5.74) is 5.01. The smallest absolute Gasteiger partial charge is 0.261 e. The molecule has 3 aromatic heterocycles. The standard InChI is InChI=1S/C28H30FN7O/c1-3-36-26-20(13-22(27(36)37)25-17(2)12-19(15-31-25)18-4-5-18)16-32-28(34-26)33-21-6-7-24(23(29)14-21)35-10-8-30-9-11-35/h6-7,12-16,18,30H,3-5,8-11H2,1-2H3,(H,32,33,34). The zero-order valence-corrected chi connectivity index (χ0v) is 21.1. The van der Waals surface area contributed by atoms with Crippen LogP contribution in [0.25, 0.3) is 22.3 Å². The Labute approximate surface area is 214 Å². The molecule has 1 aliphatic carbocycles. The number of piperazine rings is 1. The molecule has 1 saturated carbocycles. The van der Waals surface area contributed by atoms with Gasteiger partial charge in [0.2, 0.25) is 5.95 Å². The van der Waals surface area contributed by atoms with Crippen molar-refractivity contribution in [3.8, 4) is 11.3 Å². The molecule has 2 fully saturated rings. The lowest BCUT2D eigenvalue weighted by Gasteiger charge is -2.29. The van der Waals surface area contributed by atoms with Crippen LogP contribution in [-0.2, 0) is 6.54 Å². The van der Waals surface area contributed by atoms with Crippen molar-refractivity contribution in [3.63, 3.8) is 0 Å². The van der Waals surface area contributed by atoms with Gasteiger partial charge in [0.25, 0.3) is 5.56 Å². The summed E-state index contributed by atoms with van der Waals surface area (Å²) in [6.07, 6.45) is 6.01. The second kappa shape index (κ2) is 9.55. The normalized spacial score (nSPS) is 15.8. The molecule has 4 aromatic rings. The number of pyridine rings is 2.